The molecule has 0 atom stereocenters. The Hall–Kier alpha value is -0.670. The number of nitrogens with one attached hydrogen (secondary N) is 1. The van der Waals surface area contributed by atoms with Gasteiger partial charge in [0, 0.05) is 29.4 Å². The van der Waals surface area contributed by atoms with Gasteiger partial charge in [-0.3, -0.25) is 0 Å². The summed E-state index contributed by atoms with van der Waals surface area (Å²) >= 11 is 3.41. The van der Waals surface area contributed by atoms with Gasteiger partial charge in [0.25, 0.3) is 0 Å². The maximum Gasteiger partial charge on any atom is 0.120 e. The largest absolute Gasteiger partial charge is 0.315 e. The van der Waals surface area contributed by atoms with Gasteiger partial charge in [-0.1, -0.05) is 28.1 Å². The number of hydrogen-bond donors (Lipinski definition) is 1. The highest BCUT2D eigenvalue weighted by molar-refractivity contribution is 9.10. The molecule has 14 heavy (non-hydrogen) atoms. The van der Waals surface area contributed by atoms with Gasteiger partial charge in [-0.05, 0) is 17.7 Å². The van der Waals surface area contributed by atoms with Crippen molar-refractivity contribution in [3.63, 3.8) is 0 Å². The van der Waals surface area contributed by atoms with E-state index < -0.39 is 0 Å². The Kier molecular flexibility index (Phi) is 2.70. The van der Waals surface area contributed by atoms with Gasteiger partial charge >= 0.3 is 0 Å². The quantitative estimate of drug-likeness (QED) is 0.834. The second kappa shape index (κ2) is 3.83. The van der Waals surface area contributed by atoms with Gasteiger partial charge in [0.1, 0.15) is 6.29 Å². The van der Waals surface area contributed by atoms with Crippen LogP contribution in [0.4, 0.5) is 0 Å². The Labute approximate surface area is 91.8 Å². The minimum atomic E-state index is 0.0580. The number of halogens is 1. The highest BCUT2D eigenvalue weighted by atomic mass is 79.9. The summed E-state index contributed by atoms with van der Waals surface area (Å²) in [6.07, 6.45) is 1.63. The van der Waals surface area contributed by atoms with Crippen molar-refractivity contribution in [1.29, 1.82) is 0 Å². The minimum absolute atomic E-state index is 0.0580. The van der Waals surface area contributed by atoms with E-state index in [1.807, 2.05) is 12.1 Å². The summed E-state index contributed by atoms with van der Waals surface area (Å²) in [5, 5.41) is 3.23. The summed E-state index contributed by atoms with van der Waals surface area (Å²) in [5.74, 6) is 0. The Morgan fingerprint density at radius 3 is 2.43 bits per heavy atom. The lowest BCUT2D eigenvalue weighted by atomic mass is 9.73. The number of hydrogen-bond acceptors (Lipinski definition) is 2. The molecule has 0 bridgehead atoms. The minimum Gasteiger partial charge on any atom is -0.315 e. The molecule has 1 aromatic carbocycles. The van der Waals surface area contributed by atoms with Crippen LogP contribution in [-0.4, -0.2) is 19.4 Å². The van der Waals surface area contributed by atoms with Crippen LogP contribution >= 0.6 is 15.9 Å². The molecule has 2 nitrogen and oxygen atoms in total. The molecule has 1 aliphatic heterocycles. The molecule has 0 amide bonds. The van der Waals surface area contributed by atoms with E-state index in [9.17, 15) is 4.79 Å². The zero-order valence-electron chi connectivity index (χ0n) is 7.79. The van der Waals surface area contributed by atoms with Crippen LogP contribution in [0.1, 0.15) is 12.0 Å². The molecule has 1 N–H and O–H groups in total. The Morgan fingerprint density at radius 2 is 2.00 bits per heavy atom. The molecule has 0 unspecified atom stereocenters. The molecule has 0 aromatic heterocycles. The van der Waals surface area contributed by atoms with Crippen LogP contribution in [0.3, 0.4) is 0 Å². The van der Waals surface area contributed by atoms with Crippen molar-refractivity contribution in [1.82, 2.24) is 5.32 Å². The van der Waals surface area contributed by atoms with Crippen LogP contribution < -0.4 is 5.32 Å². The Bertz CT molecular complexity index is 330. The van der Waals surface area contributed by atoms with Crippen molar-refractivity contribution >= 4 is 22.2 Å². The molecule has 0 aliphatic carbocycles. The summed E-state index contributed by atoms with van der Waals surface area (Å²) in [7, 11) is 0. The van der Waals surface area contributed by atoms with Crippen molar-refractivity contribution in [3.8, 4) is 0 Å². The van der Waals surface area contributed by atoms with E-state index in [4.69, 9.17) is 0 Å². The van der Waals surface area contributed by atoms with Gasteiger partial charge < -0.3 is 10.1 Å². The second-order valence-corrected chi connectivity index (χ2v) is 4.68. The first kappa shape index (κ1) is 9.87. The van der Waals surface area contributed by atoms with Gasteiger partial charge in [0.2, 0.25) is 0 Å². The molecule has 0 spiro atoms. The lowest BCUT2D eigenvalue weighted by molar-refractivity contribution is -0.109. The van der Waals surface area contributed by atoms with Crippen LogP contribution in [0.15, 0.2) is 28.7 Å². The summed E-state index contributed by atoms with van der Waals surface area (Å²) < 4.78 is 1.08. The fourth-order valence-corrected chi connectivity index (χ4v) is 2.12. The predicted octanol–water partition coefficient (Wildman–Crippen LogP) is 1.88. The van der Waals surface area contributed by atoms with Crippen LogP contribution in [0, 0.1) is 0 Å². The van der Waals surface area contributed by atoms with Crippen LogP contribution in [0.5, 0.6) is 0 Å². The SMILES string of the molecule is O=CCC1(c2ccc(Br)cc2)CNC1. The van der Waals surface area contributed by atoms with Crippen molar-refractivity contribution in [2.45, 2.75) is 11.8 Å². The van der Waals surface area contributed by atoms with Gasteiger partial charge in [0.15, 0.2) is 0 Å². The third-order valence-corrected chi connectivity index (χ3v) is 3.39. The molecule has 1 saturated heterocycles. The molecule has 2 rings (SSSR count). The topological polar surface area (TPSA) is 29.1 Å². The van der Waals surface area contributed by atoms with Gasteiger partial charge in [0.05, 0.1) is 0 Å². The zero-order chi connectivity index (χ0) is 10.0. The summed E-state index contributed by atoms with van der Waals surface area (Å²) in [4.78, 5) is 10.6. The second-order valence-electron chi connectivity index (χ2n) is 3.76. The molecule has 0 saturated carbocycles. The zero-order valence-corrected chi connectivity index (χ0v) is 9.38. The lowest BCUT2D eigenvalue weighted by Crippen LogP contribution is -2.56. The fraction of sp³-hybridized carbons (Fsp3) is 0.364. The Balaban J connectivity index is 2.27. The molecule has 3 heteroatoms. The standard InChI is InChI=1S/C11H12BrNO/c12-10-3-1-9(2-4-10)11(5-6-14)7-13-8-11/h1-4,6,13H,5,7-8H2. The molecular weight excluding hydrogens is 242 g/mol. The molecule has 74 valence electrons. The predicted molar refractivity (Wildman–Crippen MR) is 59.4 cm³/mol. The third-order valence-electron chi connectivity index (χ3n) is 2.86. The molecule has 1 fully saturated rings. The van der Waals surface area contributed by atoms with E-state index in [2.05, 4.69) is 33.4 Å². The summed E-state index contributed by atoms with van der Waals surface area (Å²) in [6, 6.07) is 8.24. The number of carbonyl (C=O) groups excluding carboxylic acids is 1. The number of rotatable bonds is 3. The molecule has 1 aliphatic rings. The fourth-order valence-electron chi connectivity index (χ4n) is 1.86. The number of carbonyl (C=O) groups is 1. The van der Waals surface area contributed by atoms with Crippen LogP contribution in [0.2, 0.25) is 0 Å². The van der Waals surface area contributed by atoms with Crippen LogP contribution in [0.25, 0.3) is 0 Å². The third kappa shape index (κ3) is 1.62. The van der Waals surface area contributed by atoms with E-state index in [1.165, 1.54) is 5.56 Å². The van der Waals surface area contributed by atoms with E-state index >= 15 is 0 Å². The molecule has 1 aromatic rings. The van der Waals surface area contributed by atoms with Gasteiger partial charge in [-0.2, -0.15) is 0 Å². The summed E-state index contributed by atoms with van der Waals surface area (Å²) in [6.45, 7) is 1.82. The van der Waals surface area contributed by atoms with Crippen LogP contribution in [-0.2, 0) is 10.2 Å². The first-order chi connectivity index (χ1) is 6.77. The highest BCUT2D eigenvalue weighted by Gasteiger charge is 2.37. The number of benzene rings is 1. The highest BCUT2D eigenvalue weighted by Crippen LogP contribution is 2.31. The number of aldehydes is 1. The lowest BCUT2D eigenvalue weighted by Gasteiger charge is -2.42. The monoisotopic (exact) mass is 253 g/mol. The summed E-state index contributed by atoms with van der Waals surface area (Å²) in [5.41, 5.74) is 1.31. The first-order valence-electron chi connectivity index (χ1n) is 4.67. The Morgan fingerprint density at radius 1 is 1.36 bits per heavy atom. The normalized spacial score (nSPS) is 18.6. The first-order valence-corrected chi connectivity index (χ1v) is 5.47. The maximum atomic E-state index is 10.6. The van der Waals surface area contributed by atoms with Crippen molar-refractivity contribution in [2.75, 3.05) is 13.1 Å². The van der Waals surface area contributed by atoms with E-state index in [0.717, 1.165) is 23.8 Å². The molecular formula is C11H12BrNO. The van der Waals surface area contributed by atoms with E-state index in [1.54, 1.807) is 0 Å². The van der Waals surface area contributed by atoms with Crippen molar-refractivity contribution in [3.05, 3.63) is 34.3 Å². The van der Waals surface area contributed by atoms with Gasteiger partial charge in [-0.15, -0.1) is 0 Å². The van der Waals surface area contributed by atoms with Crippen molar-refractivity contribution in [2.24, 2.45) is 0 Å². The maximum absolute atomic E-state index is 10.6. The smallest absolute Gasteiger partial charge is 0.120 e. The average molecular weight is 254 g/mol. The molecule has 1 heterocycles. The van der Waals surface area contributed by atoms with E-state index in [-0.39, 0.29) is 5.41 Å². The average Bonchev–Trinajstić information content (AvgIpc) is 2.13. The van der Waals surface area contributed by atoms with E-state index in [0.29, 0.717) is 6.42 Å². The van der Waals surface area contributed by atoms with Gasteiger partial charge in [-0.25, -0.2) is 0 Å². The van der Waals surface area contributed by atoms with Crippen molar-refractivity contribution < 1.29 is 4.79 Å². The molecule has 0 radical (unpaired) electrons.